The Labute approximate surface area is 154 Å². The van der Waals surface area contributed by atoms with E-state index in [1.54, 1.807) is 0 Å². The van der Waals surface area contributed by atoms with Gasteiger partial charge in [0.2, 0.25) is 0 Å². The molecule has 0 unspecified atom stereocenters. The van der Waals surface area contributed by atoms with Gasteiger partial charge in [0.15, 0.2) is 0 Å². The molecule has 3 heteroatoms. The molecule has 0 fully saturated rings. The maximum absolute atomic E-state index is 2.55. The zero-order valence-corrected chi connectivity index (χ0v) is 16.6. The lowest BCUT2D eigenvalue weighted by atomic mass is 10.1. The van der Waals surface area contributed by atoms with Gasteiger partial charge in [-0.2, -0.15) is 0 Å². The second-order valence-electron chi connectivity index (χ2n) is 6.28. The highest BCUT2D eigenvalue weighted by atomic mass is 127. The smallest absolute Gasteiger partial charge is 0.0248 e. The number of aryl methyl sites for hydroxylation is 1. The molecule has 0 spiro atoms. The lowest BCUT2D eigenvalue weighted by molar-refractivity contribution is 0.226. The molecule has 0 radical (unpaired) electrons. The molecule has 0 amide bonds. The van der Waals surface area contributed by atoms with Crippen molar-refractivity contribution in [3.05, 3.63) is 68.8 Å². The van der Waals surface area contributed by atoms with Crippen LogP contribution in [0.25, 0.3) is 0 Å². The van der Waals surface area contributed by atoms with Crippen LogP contribution < -0.4 is 0 Å². The Kier molecular flexibility index (Phi) is 7.53. The van der Waals surface area contributed by atoms with Gasteiger partial charge < -0.3 is 4.90 Å². The van der Waals surface area contributed by atoms with E-state index in [9.17, 15) is 0 Å². The zero-order valence-electron chi connectivity index (χ0n) is 14.4. The molecular formula is C20H27IN2. The van der Waals surface area contributed by atoms with Crippen LogP contribution in [0.5, 0.6) is 0 Å². The van der Waals surface area contributed by atoms with Crippen LogP contribution in [0, 0.1) is 3.57 Å². The topological polar surface area (TPSA) is 6.48 Å². The summed E-state index contributed by atoms with van der Waals surface area (Å²) in [5.41, 5.74) is 4.25. The van der Waals surface area contributed by atoms with E-state index < -0.39 is 0 Å². The van der Waals surface area contributed by atoms with Crippen molar-refractivity contribution >= 4 is 22.6 Å². The van der Waals surface area contributed by atoms with Crippen LogP contribution in [0.15, 0.2) is 48.5 Å². The van der Waals surface area contributed by atoms with Gasteiger partial charge in [-0.15, -0.1) is 0 Å². The molecule has 2 nitrogen and oxygen atoms in total. The van der Waals surface area contributed by atoms with Gasteiger partial charge in [-0.25, -0.2) is 0 Å². The number of hydrogen-bond acceptors (Lipinski definition) is 2. The summed E-state index contributed by atoms with van der Waals surface area (Å²) in [5.74, 6) is 0. The summed E-state index contributed by atoms with van der Waals surface area (Å²) in [6, 6.07) is 17.7. The van der Waals surface area contributed by atoms with Crippen LogP contribution in [0.3, 0.4) is 0 Å². The molecule has 0 aromatic heterocycles. The fourth-order valence-electron chi connectivity index (χ4n) is 2.63. The van der Waals surface area contributed by atoms with Crippen molar-refractivity contribution in [2.45, 2.75) is 26.4 Å². The molecule has 0 bridgehead atoms. The Morgan fingerprint density at radius 3 is 2.30 bits per heavy atom. The Balaban J connectivity index is 2.11. The van der Waals surface area contributed by atoms with Crippen LogP contribution >= 0.6 is 22.6 Å². The van der Waals surface area contributed by atoms with E-state index in [0.717, 1.165) is 32.6 Å². The molecule has 0 atom stereocenters. The van der Waals surface area contributed by atoms with Crippen molar-refractivity contribution in [3.63, 3.8) is 0 Å². The standard InChI is InChI=1S/C20H27IN2/c1-4-17-8-7-9-18(14-17)15-23(13-12-22(2)3)16-19-10-5-6-11-20(19)21/h5-11,14H,4,12-13,15-16H2,1-3H3. The average molecular weight is 422 g/mol. The molecule has 2 aromatic carbocycles. The number of nitrogens with zero attached hydrogens (tertiary/aromatic N) is 2. The Morgan fingerprint density at radius 1 is 0.870 bits per heavy atom. The highest BCUT2D eigenvalue weighted by Gasteiger charge is 2.10. The minimum Gasteiger partial charge on any atom is -0.308 e. The van der Waals surface area contributed by atoms with Gasteiger partial charge in [0.05, 0.1) is 0 Å². The van der Waals surface area contributed by atoms with Gasteiger partial charge >= 0.3 is 0 Å². The molecule has 2 rings (SSSR count). The van der Waals surface area contributed by atoms with Gasteiger partial charge in [0, 0.05) is 29.7 Å². The van der Waals surface area contributed by atoms with Gasteiger partial charge in [-0.05, 0) is 65.9 Å². The van der Waals surface area contributed by atoms with Crippen molar-refractivity contribution in [2.75, 3.05) is 27.2 Å². The summed E-state index contributed by atoms with van der Waals surface area (Å²) in [7, 11) is 4.28. The number of rotatable bonds is 8. The van der Waals surface area contributed by atoms with Crippen LogP contribution in [0.4, 0.5) is 0 Å². The SMILES string of the molecule is CCc1cccc(CN(CCN(C)C)Cc2ccccc2I)c1. The second kappa shape index (κ2) is 9.40. The summed E-state index contributed by atoms with van der Waals surface area (Å²) < 4.78 is 1.35. The number of halogens is 1. The van der Waals surface area contributed by atoms with Crippen LogP contribution in [0.1, 0.15) is 23.6 Å². The first-order valence-electron chi connectivity index (χ1n) is 8.26. The maximum atomic E-state index is 2.55. The summed E-state index contributed by atoms with van der Waals surface area (Å²) in [6.45, 7) is 6.39. The molecule has 23 heavy (non-hydrogen) atoms. The summed E-state index contributed by atoms with van der Waals surface area (Å²) in [5, 5.41) is 0. The first-order valence-corrected chi connectivity index (χ1v) is 9.34. The normalized spacial score (nSPS) is 11.4. The van der Waals surface area contributed by atoms with E-state index in [-0.39, 0.29) is 0 Å². The minimum atomic E-state index is 1.00. The van der Waals surface area contributed by atoms with Crippen LogP contribution in [-0.2, 0) is 19.5 Å². The van der Waals surface area contributed by atoms with Crippen molar-refractivity contribution in [1.29, 1.82) is 0 Å². The third-order valence-corrected chi connectivity index (χ3v) is 5.07. The van der Waals surface area contributed by atoms with Crippen molar-refractivity contribution in [2.24, 2.45) is 0 Å². The predicted octanol–water partition coefficient (Wildman–Crippen LogP) is 4.42. The van der Waals surface area contributed by atoms with Crippen molar-refractivity contribution < 1.29 is 0 Å². The highest BCUT2D eigenvalue weighted by Crippen LogP contribution is 2.16. The fraction of sp³-hybridized carbons (Fsp3) is 0.400. The van der Waals surface area contributed by atoms with Gasteiger partial charge in [0.1, 0.15) is 0 Å². The van der Waals surface area contributed by atoms with Crippen molar-refractivity contribution in [1.82, 2.24) is 9.80 Å². The number of benzene rings is 2. The predicted molar refractivity (Wildman–Crippen MR) is 108 cm³/mol. The van der Waals surface area contributed by atoms with Crippen LogP contribution in [0.2, 0.25) is 0 Å². The molecule has 0 saturated heterocycles. The van der Waals surface area contributed by atoms with E-state index in [0.29, 0.717) is 0 Å². The Bertz CT molecular complexity index is 610. The zero-order chi connectivity index (χ0) is 16.7. The number of hydrogen-bond donors (Lipinski definition) is 0. The molecule has 0 aliphatic carbocycles. The third-order valence-electron chi connectivity index (χ3n) is 4.02. The maximum Gasteiger partial charge on any atom is 0.0248 e. The van der Waals surface area contributed by atoms with E-state index in [1.807, 2.05) is 0 Å². The van der Waals surface area contributed by atoms with E-state index in [2.05, 4.69) is 102 Å². The van der Waals surface area contributed by atoms with E-state index >= 15 is 0 Å². The summed E-state index contributed by atoms with van der Waals surface area (Å²) in [4.78, 5) is 4.80. The van der Waals surface area contributed by atoms with E-state index in [4.69, 9.17) is 0 Å². The fourth-order valence-corrected chi connectivity index (χ4v) is 3.19. The lowest BCUT2D eigenvalue weighted by Crippen LogP contribution is -2.31. The lowest BCUT2D eigenvalue weighted by Gasteiger charge is -2.25. The first-order chi connectivity index (χ1) is 11.1. The van der Waals surface area contributed by atoms with Gasteiger partial charge in [-0.1, -0.05) is 49.4 Å². The summed E-state index contributed by atoms with van der Waals surface area (Å²) in [6.07, 6.45) is 1.10. The molecule has 2 aromatic rings. The summed E-state index contributed by atoms with van der Waals surface area (Å²) >= 11 is 2.44. The first kappa shape index (κ1) is 18.4. The minimum absolute atomic E-state index is 1.00. The molecular weight excluding hydrogens is 395 g/mol. The largest absolute Gasteiger partial charge is 0.308 e. The Morgan fingerprint density at radius 2 is 1.61 bits per heavy atom. The molecule has 0 saturated carbocycles. The second-order valence-corrected chi connectivity index (χ2v) is 7.44. The van der Waals surface area contributed by atoms with E-state index in [1.165, 1.54) is 20.3 Å². The number of likely N-dealkylation sites (N-methyl/N-ethyl adjacent to an activating group) is 1. The quantitative estimate of drug-likeness (QED) is 0.582. The monoisotopic (exact) mass is 422 g/mol. The molecule has 0 aliphatic rings. The van der Waals surface area contributed by atoms with Gasteiger partial charge in [0.25, 0.3) is 0 Å². The Hall–Kier alpha value is -0.910. The molecule has 0 N–H and O–H groups in total. The average Bonchev–Trinajstić information content (AvgIpc) is 2.55. The molecule has 0 heterocycles. The van der Waals surface area contributed by atoms with Crippen molar-refractivity contribution in [3.8, 4) is 0 Å². The molecule has 124 valence electrons. The van der Waals surface area contributed by atoms with Crippen LogP contribution in [-0.4, -0.2) is 37.0 Å². The third kappa shape index (κ3) is 6.24. The molecule has 0 aliphatic heterocycles. The van der Waals surface area contributed by atoms with Gasteiger partial charge in [-0.3, -0.25) is 4.90 Å². The highest BCUT2D eigenvalue weighted by molar-refractivity contribution is 14.1.